The number of piperidine rings is 1. The van der Waals surface area contributed by atoms with E-state index in [0.29, 0.717) is 16.9 Å². The number of hydrogen-bond acceptors (Lipinski definition) is 4. The van der Waals surface area contributed by atoms with Crippen LogP contribution in [0.15, 0.2) is 59.1 Å². The second-order valence-electron chi connectivity index (χ2n) is 9.43. The predicted octanol–water partition coefficient (Wildman–Crippen LogP) is 6.30. The highest BCUT2D eigenvalue weighted by Gasteiger charge is 2.42. The minimum atomic E-state index is -0.168. The topological polar surface area (TPSA) is 44.5 Å². The predicted molar refractivity (Wildman–Crippen MR) is 138 cm³/mol. The normalized spacial score (nSPS) is 25.4. The number of anilines is 2. The Hall–Kier alpha value is -2.57. The van der Waals surface area contributed by atoms with Gasteiger partial charge in [-0.15, -0.1) is 0 Å². The number of halogens is 1. The van der Waals surface area contributed by atoms with Crippen molar-refractivity contribution in [1.82, 2.24) is 10.3 Å². The summed E-state index contributed by atoms with van der Waals surface area (Å²) in [7, 11) is 0. The maximum absolute atomic E-state index is 6.87. The van der Waals surface area contributed by atoms with E-state index in [2.05, 4.69) is 46.1 Å². The van der Waals surface area contributed by atoms with Crippen LogP contribution in [-0.2, 0) is 0 Å². The molecular formula is C26H29ClN4OS. The van der Waals surface area contributed by atoms with E-state index in [-0.39, 0.29) is 12.1 Å². The molecule has 0 amide bonds. The molecule has 2 aromatic heterocycles. The van der Waals surface area contributed by atoms with Crippen molar-refractivity contribution < 1.29 is 4.42 Å². The Kier molecular flexibility index (Phi) is 6.06. The molecule has 2 aliphatic heterocycles. The number of aromatic nitrogens is 1. The highest BCUT2D eigenvalue weighted by Crippen LogP contribution is 2.43. The molecule has 0 aliphatic carbocycles. The van der Waals surface area contributed by atoms with Gasteiger partial charge >= 0.3 is 0 Å². The fraction of sp³-hybridized carbons (Fsp3) is 0.385. The molecule has 2 saturated heterocycles. The molecule has 4 atom stereocenters. The molecule has 2 fully saturated rings. The van der Waals surface area contributed by atoms with Crippen LogP contribution >= 0.6 is 23.8 Å². The summed E-state index contributed by atoms with van der Waals surface area (Å²) in [5.41, 5.74) is 2.95. The minimum absolute atomic E-state index is 0.133. The van der Waals surface area contributed by atoms with Gasteiger partial charge in [-0.25, -0.2) is 0 Å². The molecule has 0 bridgehead atoms. The maximum Gasteiger partial charge on any atom is 0.174 e. The summed E-state index contributed by atoms with van der Waals surface area (Å²) in [4.78, 5) is 9.10. The first kappa shape index (κ1) is 22.2. The fourth-order valence-electron chi connectivity index (χ4n) is 5.30. The van der Waals surface area contributed by atoms with Gasteiger partial charge in [-0.2, -0.15) is 0 Å². The SMILES string of the molecule is Cc1ccc([C@@H]2[C@H](c3ccccn3)NC(=S)N2c2ccc(N3C[C@H](C)C[C@@H](C)C3)c(Cl)c2)o1. The van der Waals surface area contributed by atoms with Crippen molar-refractivity contribution in [2.75, 3.05) is 22.9 Å². The van der Waals surface area contributed by atoms with Gasteiger partial charge in [0.25, 0.3) is 0 Å². The molecule has 172 valence electrons. The van der Waals surface area contributed by atoms with Crippen LogP contribution in [0.5, 0.6) is 0 Å². The summed E-state index contributed by atoms with van der Waals surface area (Å²) in [6.45, 7) is 8.64. The van der Waals surface area contributed by atoms with Crippen LogP contribution < -0.4 is 15.1 Å². The van der Waals surface area contributed by atoms with Crippen molar-refractivity contribution in [2.45, 2.75) is 39.3 Å². The first-order valence-corrected chi connectivity index (χ1v) is 12.3. The van der Waals surface area contributed by atoms with E-state index >= 15 is 0 Å². The van der Waals surface area contributed by atoms with Gasteiger partial charge in [-0.05, 0) is 79.9 Å². The second kappa shape index (κ2) is 8.99. The Labute approximate surface area is 205 Å². The van der Waals surface area contributed by atoms with Crippen LogP contribution in [0, 0.1) is 18.8 Å². The van der Waals surface area contributed by atoms with Gasteiger partial charge < -0.3 is 19.5 Å². The fourth-order valence-corrected chi connectivity index (χ4v) is 5.94. The number of thiocarbonyl (C=S) groups is 1. The van der Waals surface area contributed by atoms with Gasteiger partial charge in [0.1, 0.15) is 17.6 Å². The third kappa shape index (κ3) is 4.34. The lowest BCUT2D eigenvalue weighted by atomic mass is 9.91. The van der Waals surface area contributed by atoms with Crippen molar-refractivity contribution >= 4 is 40.3 Å². The lowest BCUT2D eigenvalue weighted by Crippen LogP contribution is -2.38. The number of nitrogens with zero attached hydrogens (tertiary/aromatic N) is 3. The van der Waals surface area contributed by atoms with Crippen molar-refractivity contribution in [3.05, 3.63) is 77.0 Å². The molecule has 1 aromatic carbocycles. The Morgan fingerprint density at radius 1 is 1.09 bits per heavy atom. The van der Waals surface area contributed by atoms with Crippen LogP contribution in [0.1, 0.15) is 49.6 Å². The molecule has 5 rings (SSSR count). The molecule has 33 heavy (non-hydrogen) atoms. The van der Waals surface area contributed by atoms with Crippen molar-refractivity contribution in [3.63, 3.8) is 0 Å². The quantitative estimate of drug-likeness (QED) is 0.442. The van der Waals surface area contributed by atoms with E-state index in [9.17, 15) is 0 Å². The lowest BCUT2D eigenvalue weighted by molar-refractivity contribution is 0.357. The van der Waals surface area contributed by atoms with Crippen LogP contribution in [0.25, 0.3) is 0 Å². The molecule has 0 radical (unpaired) electrons. The molecule has 1 N–H and O–H groups in total. The van der Waals surface area contributed by atoms with Gasteiger partial charge in [0.15, 0.2) is 5.11 Å². The molecule has 7 heteroatoms. The number of pyridine rings is 1. The van der Waals surface area contributed by atoms with E-state index in [1.807, 2.05) is 43.3 Å². The highest BCUT2D eigenvalue weighted by molar-refractivity contribution is 7.80. The molecule has 3 aromatic rings. The number of benzene rings is 1. The summed E-state index contributed by atoms with van der Waals surface area (Å²) >= 11 is 12.7. The zero-order chi connectivity index (χ0) is 23.1. The number of furan rings is 1. The van der Waals surface area contributed by atoms with E-state index in [0.717, 1.165) is 46.7 Å². The van der Waals surface area contributed by atoms with Crippen LogP contribution in [0.3, 0.4) is 0 Å². The number of hydrogen-bond donors (Lipinski definition) is 1. The smallest absolute Gasteiger partial charge is 0.174 e. The molecule has 0 spiro atoms. The number of rotatable bonds is 4. The molecular weight excluding hydrogens is 452 g/mol. The van der Waals surface area contributed by atoms with Gasteiger partial charge in [0.2, 0.25) is 0 Å². The molecule has 5 nitrogen and oxygen atoms in total. The Balaban J connectivity index is 1.51. The molecule has 4 heterocycles. The van der Waals surface area contributed by atoms with Gasteiger partial charge in [-0.1, -0.05) is 31.5 Å². The Bertz CT molecular complexity index is 1140. The minimum Gasteiger partial charge on any atom is -0.464 e. The summed E-state index contributed by atoms with van der Waals surface area (Å²) in [6.07, 6.45) is 3.07. The largest absolute Gasteiger partial charge is 0.464 e. The first-order chi connectivity index (χ1) is 15.9. The summed E-state index contributed by atoms with van der Waals surface area (Å²) in [5, 5.41) is 4.84. The third-order valence-electron chi connectivity index (χ3n) is 6.57. The summed E-state index contributed by atoms with van der Waals surface area (Å²) in [5.74, 6) is 3.02. The zero-order valence-electron chi connectivity index (χ0n) is 19.2. The summed E-state index contributed by atoms with van der Waals surface area (Å²) < 4.78 is 6.08. The van der Waals surface area contributed by atoms with E-state index in [1.165, 1.54) is 6.42 Å². The van der Waals surface area contributed by atoms with E-state index in [4.69, 9.17) is 28.2 Å². The zero-order valence-corrected chi connectivity index (χ0v) is 20.7. The average molecular weight is 481 g/mol. The Morgan fingerprint density at radius 2 is 1.88 bits per heavy atom. The third-order valence-corrected chi connectivity index (χ3v) is 7.19. The Morgan fingerprint density at radius 3 is 2.52 bits per heavy atom. The van der Waals surface area contributed by atoms with Gasteiger partial charge in [0, 0.05) is 25.0 Å². The first-order valence-electron chi connectivity index (χ1n) is 11.5. The van der Waals surface area contributed by atoms with E-state index in [1.54, 1.807) is 6.20 Å². The standard InChI is InChI=1S/C26H29ClN4OS/c1-16-12-17(2)15-30(14-16)22-9-8-19(13-20(22)27)31-25(23-10-7-18(3)32-23)24(29-26(31)33)21-6-4-5-11-28-21/h4-11,13,16-17,24-25H,12,14-15H2,1-3H3,(H,29,33)/t16-,17-,24+,25-/m1/s1. The summed E-state index contributed by atoms with van der Waals surface area (Å²) in [6, 6.07) is 15.9. The van der Waals surface area contributed by atoms with E-state index < -0.39 is 0 Å². The average Bonchev–Trinajstić information content (AvgIpc) is 3.36. The van der Waals surface area contributed by atoms with Crippen molar-refractivity contribution in [2.24, 2.45) is 11.8 Å². The molecule has 2 aliphatic rings. The molecule has 0 saturated carbocycles. The van der Waals surface area contributed by atoms with Gasteiger partial charge in [-0.3, -0.25) is 4.98 Å². The van der Waals surface area contributed by atoms with Crippen molar-refractivity contribution in [3.8, 4) is 0 Å². The van der Waals surface area contributed by atoms with Crippen molar-refractivity contribution in [1.29, 1.82) is 0 Å². The van der Waals surface area contributed by atoms with Crippen LogP contribution in [-0.4, -0.2) is 23.2 Å². The molecule has 0 unspecified atom stereocenters. The number of nitrogens with one attached hydrogen (secondary N) is 1. The highest BCUT2D eigenvalue weighted by atomic mass is 35.5. The van der Waals surface area contributed by atoms with Gasteiger partial charge in [0.05, 0.1) is 22.4 Å². The van der Waals surface area contributed by atoms with Crippen LogP contribution in [0.4, 0.5) is 11.4 Å². The maximum atomic E-state index is 6.87. The second-order valence-corrected chi connectivity index (χ2v) is 10.2. The monoisotopic (exact) mass is 480 g/mol. The van der Waals surface area contributed by atoms with Crippen LogP contribution in [0.2, 0.25) is 5.02 Å². The number of aryl methyl sites for hydroxylation is 1. The lowest BCUT2D eigenvalue weighted by Gasteiger charge is -2.37.